The summed E-state index contributed by atoms with van der Waals surface area (Å²) in [6.07, 6.45) is -4.77. The first-order valence-corrected chi connectivity index (χ1v) is 8.97. The number of hydrogen-bond acceptors (Lipinski definition) is 3. The monoisotopic (exact) mass is 433 g/mol. The number of para-hydroxylation sites is 1. The molecule has 3 N–H and O–H groups in total. The Morgan fingerprint density at radius 1 is 0.900 bits per heavy atom. The van der Waals surface area contributed by atoms with Gasteiger partial charge in [-0.05, 0) is 54.6 Å². The van der Waals surface area contributed by atoms with E-state index in [1.807, 2.05) is 5.32 Å². The number of rotatable bonds is 3. The zero-order valence-corrected chi connectivity index (χ0v) is 16.0. The Bertz CT molecular complexity index is 1070. The Labute approximate surface area is 174 Å². The maximum atomic E-state index is 13.3. The highest BCUT2D eigenvalue weighted by molar-refractivity contribution is 6.45. The van der Waals surface area contributed by atoms with E-state index < -0.39 is 29.2 Å². The smallest absolute Gasteiger partial charge is 0.399 e. The summed E-state index contributed by atoms with van der Waals surface area (Å²) in [5.41, 5.74) is 5.06. The van der Waals surface area contributed by atoms with Gasteiger partial charge in [0.05, 0.1) is 11.3 Å². The number of benzene rings is 3. The van der Waals surface area contributed by atoms with E-state index >= 15 is 0 Å². The minimum absolute atomic E-state index is 0.153. The molecule has 0 bridgehead atoms. The van der Waals surface area contributed by atoms with Gasteiger partial charge in [0.15, 0.2) is 0 Å². The maximum absolute atomic E-state index is 13.3. The van der Waals surface area contributed by atoms with E-state index in [4.69, 9.17) is 17.3 Å². The average molecular weight is 434 g/mol. The first-order valence-electron chi connectivity index (χ1n) is 8.59. The van der Waals surface area contributed by atoms with Gasteiger partial charge in [-0.15, -0.1) is 0 Å². The lowest BCUT2D eigenvalue weighted by molar-refractivity contribution is -0.137. The predicted molar refractivity (Wildman–Crippen MR) is 110 cm³/mol. The third kappa shape index (κ3) is 4.72. The van der Waals surface area contributed by atoms with Crippen LogP contribution in [0.2, 0.25) is 5.02 Å². The van der Waals surface area contributed by atoms with Gasteiger partial charge in [-0.2, -0.15) is 13.2 Å². The second-order valence-corrected chi connectivity index (χ2v) is 6.65. The van der Waals surface area contributed by atoms with Crippen LogP contribution >= 0.6 is 11.6 Å². The molecular weight excluding hydrogens is 419 g/mol. The van der Waals surface area contributed by atoms with E-state index in [0.29, 0.717) is 23.1 Å². The first kappa shape index (κ1) is 21.2. The molecule has 0 heterocycles. The molecule has 0 fully saturated rings. The normalized spacial score (nSPS) is 11.1. The summed E-state index contributed by atoms with van der Waals surface area (Å²) in [5.74, 6) is -2.32. The van der Waals surface area contributed by atoms with Gasteiger partial charge in [0.2, 0.25) is 0 Å². The largest absolute Gasteiger partial charge is 0.418 e. The number of halogens is 4. The molecule has 0 saturated heterocycles. The van der Waals surface area contributed by atoms with Crippen LogP contribution in [0.5, 0.6) is 0 Å². The Balaban J connectivity index is 1.96. The number of nitrogens with two attached hydrogens (primary N) is 1. The fourth-order valence-corrected chi connectivity index (χ4v) is 2.89. The number of amides is 2. The van der Waals surface area contributed by atoms with Gasteiger partial charge in [0, 0.05) is 22.1 Å². The number of nitrogens with one attached hydrogen (secondary N) is 1. The molecule has 9 heteroatoms. The highest BCUT2D eigenvalue weighted by atomic mass is 35.5. The lowest BCUT2D eigenvalue weighted by Crippen LogP contribution is -2.37. The van der Waals surface area contributed by atoms with Crippen molar-refractivity contribution in [1.82, 2.24) is 0 Å². The summed E-state index contributed by atoms with van der Waals surface area (Å²) in [5, 5.41) is 1.89. The van der Waals surface area contributed by atoms with Crippen molar-refractivity contribution in [1.29, 1.82) is 0 Å². The number of carbonyl (C=O) groups is 2. The second-order valence-electron chi connectivity index (χ2n) is 6.21. The van der Waals surface area contributed by atoms with E-state index in [2.05, 4.69) is 0 Å². The van der Waals surface area contributed by atoms with Crippen molar-refractivity contribution in [3.05, 3.63) is 83.4 Å². The lowest BCUT2D eigenvalue weighted by atomic mass is 10.1. The van der Waals surface area contributed by atoms with Crippen molar-refractivity contribution >= 4 is 46.2 Å². The molecule has 2 amide bonds. The van der Waals surface area contributed by atoms with E-state index in [1.54, 1.807) is 30.3 Å². The van der Waals surface area contributed by atoms with Crippen molar-refractivity contribution in [2.75, 3.05) is 16.0 Å². The molecule has 0 aromatic heterocycles. The third-order valence-corrected chi connectivity index (χ3v) is 4.33. The van der Waals surface area contributed by atoms with Gasteiger partial charge in [0.1, 0.15) is 0 Å². The summed E-state index contributed by atoms with van der Waals surface area (Å²) >= 11 is 5.65. The SMILES string of the molecule is Nc1ccc(N(C(=O)C(=O)Nc2ccc(Cl)cc2C(F)(F)F)c2ccccc2)cc1. The number of anilines is 4. The molecule has 0 unspecified atom stereocenters. The van der Waals surface area contributed by atoms with Crippen LogP contribution in [-0.2, 0) is 15.8 Å². The van der Waals surface area contributed by atoms with Gasteiger partial charge in [-0.25, -0.2) is 0 Å². The second kappa shape index (κ2) is 8.46. The van der Waals surface area contributed by atoms with E-state index in [9.17, 15) is 22.8 Å². The standard InChI is InChI=1S/C21H15ClF3N3O2/c22-13-6-11-18(17(12-13)21(23,24)25)27-19(29)20(30)28(15-4-2-1-3-5-15)16-9-7-14(26)8-10-16/h1-12H,26H2,(H,27,29). The number of nitrogens with zero attached hydrogens (tertiary/aromatic N) is 1. The van der Waals surface area contributed by atoms with Gasteiger partial charge >= 0.3 is 18.0 Å². The Morgan fingerprint density at radius 3 is 2.10 bits per heavy atom. The zero-order chi connectivity index (χ0) is 21.9. The lowest BCUT2D eigenvalue weighted by Gasteiger charge is -2.23. The maximum Gasteiger partial charge on any atom is 0.418 e. The molecular formula is C21H15ClF3N3O2. The van der Waals surface area contributed by atoms with Crippen LogP contribution in [0.3, 0.4) is 0 Å². The molecule has 3 aromatic rings. The van der Waals surface area contributed by atoms with Crippen LogP contribution in [-0.4, -0.2) is 11.8 Å². The molecule has 3 rings (SSSR count). The Kier molecular flexibility index (Phi) is 5.98. The number of hydrogen-bond donors (Lipinski definition) is 2. The first-order chi connectivity index (χ1) is 14.2. The number of nitrogen functional groups attached to an aromatic ring is 1. The van der Waals surface area contributed by atoms with Crippen molar-refractivity contribution in [3.63, 3.8) is 0 Å². The molecule has 0 aliphatic rings. The molecule has 3 aromatic carbocycles. The molecule has 0 aliphatic heterocycles. The Morgan fingerprint density at radius 2 is 1.50 bits per heavy atom. The Hall–Kier alpha value is -3.52. The summed E-state index contributed by atoms with van der Waals surface area (Å²) in [7, 11) is 0. The van der Waals surface area contributed by atoms with Crippen molar-refractivity contribution in [2.24, 2.45) is 0 Å². The van der Waals surface area contributed by atoms with Gasteiger partial charge in [-0.3, -0.25) is 14.5 Å². The van der Waals surface area contributed by atoms with Crippen molar-refractivity contribution in [3.8, 4) is 0 Å². The fourth-order valence-electron chi connectivity index (χ4n) is 2.72. The topological polar surface area (TPSA) is 75.4 Å². The number of alkyl halides is 3. The van der Waals surface area contributed by atoms with Gasteiger partial charge in [0.25, 0.3) is 0 Å². The third-order valence-electron chi connectivity index (χ3n) is 4.10. The molecule has 0 atom stereocenters. The summed E-state index contributed by atoms with van der Waals surface area (Å²) in [4.78, 5) is 26.6. The van der Waals surface area contributed by atoms with Gasteiger partial charge < -0.3 is 11.1 Å². The van der Waals surface area contributed by atoms with Crippen LogP contribution in [0.15, 0.2) is 72.8 Å². The molecule has 0 spiro atoms. The van der Waals surface area contributed by atoms with E-state index in [1.165, 1.54) is 30.3 Å². The highest BCUT2D eigenvalue weighted by Gasteiger charge is 2.35. The molecule has 30 heavy (non-hydrogen) atoms. The van der Waals surface area contributed by atoms with Crippen molar-refractivity contribution < 1.29 is 22.8 Å². The minimum Gasteiger partial charge on any atom is -0.399 e. The number of carbonyl (C=O) groups excluding carboxylic acids is 2. The summed E-state index contributed by atoms with van der Waals surface area (Å²) in [6.45, 7) is 0. The molecule has 0 radical (unpaired) electrons. The molecule has 0 saturated carbocycles. The van der Waals surface area contributed by atoms with Crippen LogP contribution in [0.4, 0.5) is 35.9 Å². The van der Waals surface area contributed by atoms with Gasteiger partial charge in [-0.1, -0.05) is 29.8 Å². The summed E-state index contributed by atoms with van der Waals surface area (Å²) in [6, 6.07) is 17.2. The quantitative estimate of drug-likeness (QED) is 0.438. The highest BCUT2D eigenvalue weighted by Crippen LogP contribution is 2.36. The fraction of sp³-hybridized carbons (Fsp3) is 0.0476. The summed E-state index contributed by atoms with van der Waals surface area (Å²) < 4.78 is 39.9. The minimum atomic E-state index is -4.77. The zero-order valence-electron chi connectivity index (χ0n) is 15.3. The predicted octanol–water partition coefficient (Wildman–Crippen LogP) is 5.24. The van der Waals surface area contributed by atoms with Crippen LogP contribution in [0, 0.1) is 0 Å². The molecule has 0 aliphatic carbocycles. The van der Waals surface area contributed by atoms with E-state index in [-0.39, 0.29) is 5.02 Å². The van der Waals surface area contributed by atoms with Crippen molar-refractivity contribution in [2.45, 2.75) is 6.18 Å². The molecule has 5 nitrogen and oxygen atoms in total. The van der Waals surface area contributed by atoms with E-state index in [0.717, 1.165) is 11.0 Å². The molecule has 154 valence electrons. The van der Waals surface area contributed by atoms with Crippen LogP contribution in [0.25, 0.3) is 0 Å². The average Bonchev–Trinajstić information content (AvgIpc) is 2.71. The van der Waals surface area contributed by atoms with Crippen LogP contribution in [0.1, 0.15) is 5.56 Å². The van der Waals surface area contributed by atoms with Crippen LogP contribution < -0.4 is 16.0 Å².